The van der Waals surface area contributed by atoms with Gasteiger partial charge in [-0.25, -0.2) is 4.79 Å². The van der Waals surface area contributed by atoms with Gasteiger partial charge in [0.1, 0.15) is 5.00 Å². The molecule has 0 atom stereocenters. The van der Waals surface area contributed by atoms with Crippen LogP contribution in [0.1, 0.15) is 111 Å². The van der Waals surface area contributed by atoms with Gasteiger partial charge in [0.05, 0.1) is 35.1 Å². The van der Waals surface area contributed by atoms with Crippen molar-refractivity contribution in [3.05, 3.63) is 105 Å². The minimum atomic E-state index is -1.00. The molecule has 13 nitrogen and oxygen atoms in total. The first-order valence-corrected chi connectivity index (χ1v) is 20.0. The number of nitrogens with zero attached hydrogens (tertiary/aromatic N) is 4. The Morgan fingerprint density at radius 1 is 0.797 bits per heavy atom. The van der Waals surface area contributed by atoms with Gasteiger partial charge in [-0.05, 0) is 98.9 Å². The van der Waals surface area contributed by atoms with E-state index in [-0.39, 0.29) is 79.4 Å². The number of hydrogen-bond acceptors (Lipinski definition) is 9. The Hall–Kier alpha value is -4.60. The minimum absolute atomic E-state index is 0. The fourth-order valence-electron chi connectivity index (χ4n) is 6.91. The summed E-state index contributed by atoms with van der Waals surface area (Å²) in [5.74, 6) is -2.84. The fraction of sp³-hybridized carbons (Fsp3) is 0.405. The Labute approximate surface area is 367 Å². The van der Waals surface area contributed by atoms with Crippen molar-refractivity contribution >= 4 is 88.9 Å². The molecule has 17 heteroatoms. The first-order chi connectivity index (χ1) is 26.9. The number of carbonyl (C=O) groups is 5. The number of amides is 3. The van der Waals surface area contributed by atoms with Gasteiger partial charge >= 0.3 is 11.9 Å². The molecule has 1 aliphatic carbocycles. The number of nitrogens with one attached hydrogen (secondary N) is 2. The number of carboxylic acids is 2. The number of halogens is 3. The van der Waals surface area contributed by atoms with Gasteiger partial charge < -0.3 is 25.7 Å². The first kappa shape index (κ1) is 50.5. The molecule has 0 saturated carbocycles. The summed E-state index contributed by atoms with van der Waals surface area (Å²) in [6, 6.07) is 14.1. The highest BCUT2D eigenvalue weighted by atomic mass is 35.5. The van der Waals surface area contributed by atoms with E-state index in [4.69, 9.17) is 10.2 Å². The molecule has 4 aromatic rings. The third-order valence-corrected chi connectivity index (χ3v) is 11.4. The number of anilines is 2. The standard InChI is InChI=1S/C42H50N6O7S.3ClH/c1-4-33(5-2)48(23-22-47(3)36(49)18-19-37(50)51)26-32-24-29(20-21-43-32)39(52)46-41-38(34-8-6-7-9-35(34)56-41)40(53)45-31-17-16-30(44-25-31)15-12-27-10-13-28(14-11-27)42(54)55;;;/h10-11,13-14,16-17,20-21,24-25,33H,4-9,12,15,18-19,22-23,26H2,1-3H3,(H,45,53)(H,46,52)(H,50,51)(H,54,55);3*1H. The van der Waals surface area contributed by atoms with E-state index in [1.54, 1.807) is 60.7 Å². The molecule has 59 heavy (non-hydrogen) atoms. The smallest absolute Gasteiger partial charge is 0.335 e. The number of aromatic carboxylic acids is 1. The van der Waals surface area contributed by atoms with E-state index in [1.807, 2.05) is 12.1 Å². The number of carbonyl (C=O) groups excluding carboxylic acids is 3. The number of hydrogen-bond donors (Lipinski definition) is 4. The van der Waals surface area contributed by atoms with Gasteiger partial charge in [-0.1, -0.05) is 26.0 Å². The van der Waals surface area contributed by atoms with Crippen LogP contribution in [0.2, 0.25) is 0 Å². The summed E-state index contributed by atoms with van der Waals surface area (Å²) >= 11 is 1.44. The van der Waals surface area contributed by atoms with Crippen LogP contribution in [0.15, 0.2) is 60.9 Å². The average molecular weight is 892 g/mol. The maximum Gasteiger partial charge on any atom is 0.335 e. The minimum Gasteiger partial charge on any atom is -0.481 e. The normalized spacial score (nSPS) is 11.7. The van der Waals surface area contributed by atoms with Crippen LogP contribution < -0.4 is 10.6 Å². The zero-order chi connectivity index (χ0) is 40.2. The maximum absolute atomic E-state index is 13.9. The zero-order valence-electron chi connectivity index (χ0n) is 33.4. The van der Waals surface area contributed by atoms with Crippen LogP contribution in [-0.2, 0) is 41.8 Å². The van der Waals surface area contributed by atoms with Crippen LogP contribution >= 0.6 is 48.6 Å². The molecule has 0 saturated heterocycles. The topological polar surface area (TPSA) is 182 Å². The lowest BCUT2D eigenvalue weighted by Gasteiger charge is -2.32. The lowest BCUT2D eigenvalue weighted by molar-refractivity contribution is -0.140. The molecule has 0 unspecified atom stereocenters. The van der Waals surface area contributed by atoms with Crippen molar-refractivity contribution in [2.24, 2.45) is 0 Å². The van der Waals surface area contributed by atoms with Crippen LogP contribution in [-0.4, -0.2) is 85.8 Å². The van der Waals surface area contributed by atoms with Gasteiger partial charge in [-0.2, -0.15) is 0 Å². The van der Waals surface area contributed by atoms with Crippen LogP contribution in [0.3, 0.4) is 0 Å². The van der Waals surface area contributed by atoms with E-state index < -0.39 is 11.9 Å². The number of aliphatic carboxylic acids is 1. The van der Waals surface area contributed by atoms with E-state index >= 15 is 0 Å². The Balaban J connectivity index is 0.00000400. The zero-order valence-corrected chi connectivity index (χ0v) is 36.7. The number of rotatable bonds is 19. The van der Waals surface area contributed by atoms with Crippen LogP contribution in [0, 0.1) is 0 Å². The van der Waals surface area contributed by atoms with Crippen molar-refractivity contribution < 1.29 is 34.2 Å². The van der Waals surface area contributed by atoms with Crippen molar-refractivity contribution in [1.82, 2.24) is 19.8 Å². The van der Waals surface area contributed by atoms with Crippen molar-refractivity contribution in [3.8, 4) is 0 Å². The number of aryl methyl sites for hydroxylation is 3. The van der Waals surface area contributed by atoms with Gasteiger partial charge in [0, 0.05) is 61.5 Å². The molecule has 0 bridgehead atoms. The number of benzene rings is 1. The first-order valence-electron chi connectivity index (χ1n) is 19.1. The molecule has 0 radical (unpaired) electrons. The molecular weight excluding hydrogens is 839 g/mol. The number of thiophene rings is 1. The molecule has 3 aromatic heterocycles. The maximum atomic E-state index is 13.9. The van der Waals surface area contributed by atoms with Crippen molar-refractivity contribution in [2.45, 2.75) is 90.6 Å². The summed E-state index contributed by atoms with van der Waals surface area (Å²) in [6.45, 7) is 5.65. The second-order valence-electron chi connectivity index (χ2n) is 14.0. The highest BCUT2D eigenvalue weighted by Crippen LogP contribution is 2.39. The van der Waals surface area contributed by atoms with Gasteiger partial charge in [0.25, 0.3) is 11.8 Å². The monoisotopic (exact) mass is 890 g/mol. The number of fused-ring (bicyclic) bond motifs is 1. The quantitative estimate of drug-likeness (QED) is 0.0721. The third-order valence-electron chi connectivity index (χ3n) is 10.2. The highest BCUT2D eigenvalue weighted by molar-refractivity contribution is 7.17. The molecule has 3 amide bonds. The molecule has 320 valence electrons. The number of carboxylic acid groups (broad SMARTS) is 2. The Kier molecular flexibility index (Phi) is 21.0. The van der Waals surface area contributed by atoms with Crippen molar-refractivity contribution in [1.29, 1.82) is 0 Å². The van der Waals surface area contributed by atoms with Crippen LogP contribution in [0.5, 0.6) is 0 Å². The summed E-state index contributed by atoms with van der Waals surface area (Å²) in [6.07, 6.45) is 9.65. The molecule has 1 aromatic carbocycles. The van der Waals surface area contributed by atoms with Crippen LogP contribution in [0.25, 0.3) is 0 Å². The highest BCUT2D eigenvalue weighted by Gasteiger charge is 2.27. The van der Waals surface area contributed by atoms with E-state index in [1.165, 1.54) is 11.3 Å². The summed E-state index contributed by atoms with van der Waals surface area (Å²) in [5, 5.41) is 24.6. The fourth-order valence-corrected chi connectivity index (χ4v) is 8.20. The molecule has 4 N–H and O–H groups in total. The molecule has 3 heterocycles. The molecule has 0 fully saturated rings. The number of likely N-dealkylation sites (N-methyl/N-ethyl adjacent to an activating group) is 1. The van der Waals surface area contributed by atoms with Gasteiger partial charge in [-0.3, -0.25) is 34.0 Å². The Morgan fingerprint density at radius 2 is 1.51 bits per heavy atom. The predicted octanol–water partition coefficient (Wildman–Crippen LogP) is 7.98. The molecule has 0 spiro atoms. The number of pyridine rings is 2. The van der Waals surface area contributed by atoms with E-state index in [0.717, 1.165) is 60.2 Å². The molecule has 1 aliphatic rings. The summed E-state index contributed by atoms with van der Waals surface area (Å²) in [5.41, 5.74) is 5.17. The lowest BCUT2D eigenvalue weighted by atomic mass is 9.95. The van der Waals surface area contributed by atoms with E-state index in [0.29, 0.717) is 60.0 Å². The summed E-state index contributed by atoms with van der Waals surface area (Å²) in [4.78, 5) is 76.2. The lowest BCUT2D eigenvalue weighted by Crippen LogP contribution is -2.41. The third kappa shape index (κ3) is 14.3. The second kappa shape index (κ2) is 24.5. The van der Waals surface area contributed by atoms with Crippen molar-refractivity contribution in [2.75, 3.05) is 30.8 Å². The van der Waals surface area contributed by atoms with E-state index in [2.05, 4.69) is 39.3 Å². The van der Waals surface area contributed by atoms with Gasteiger partial charge in [0.2, 0.25) is 5.91 Å². The van der Waals surface area contributed by atoms with Gasteiger partial charge in [-0.15, -0.1) is 48.6 Å². The Morgan fingerprint density at radius 3 is 2.15 bits per heavy atom. The van der Waals surface area contributed by atoms with Gasteiger partial charge in [0.15, 0.2) is 0 Å². The number of aromatic nitrogens is 2. The SMILES string of the molecule is CCC(CC)N(CCN(C)C(=O)CCC(=O)O)Cc1cc(C(=O)Nc2sc3c(c2C(=O)Nc2ccc(CCc4ccc(C(=O)O)cc4)nc2)CCCC3)ccn1.Cl.Cl.Cl. The molecule has 0 aliphatic heterocycles. The summed E-state index contributed by atoms with van der Waals surface area (Å²) in [7, 11) is 1.68. The average Bonchev–Trinajstić information content (AvgIpc) is 3.57. The molecular formula is C42H53Cl3N6O7S. The second-order valence-corrected chi connectivity index (χ2v) is 15.2. The molecule has 5 rings (SSSR count). The predicted molar refractivity (Wildman–Crippen MR) is 237 cm³/mol. The summed E-state index contributed by atoms with van der Waals surface area (Å²) < 4.78 is 0. The van der Waals surface area contributed by atoms with Crippen molar-refractivity contribution in [3.63, 3.8) is 0 Å². The van der Waals surface area contributed by atoms with E-state index in [9.17, 15) is 24.0 Å². The largest absolute Gasteiger partial charge is 0.481 e. The van der Waals surface area contributed by atoms with Crippen LogP contribution in [0.4, 0.5) is 10.7 Å². The Bertz CT molecular complexity index is 2030.